The van der Waals surface area contributed by atoms with Gasteiger partial charge in [0.2, 0.25) is 0 Å². The van der Waals surface area contributed by atoms with Crippen LogP contribution in [-0.4, -0.2) is 35.0 Å². The topological polar surface area (TPSA) is 69.8 Å². The van der Waals surface area contributed by atoms with Crippen molar-refractivity contribution >= 4 is 5.91 Å². The standard InChI is InChI=1S/C13H14N4O/c18-13(17-11-7-14-8-11)10-3-1-2-9(6-10)12-15-4-5-16-12/h1-6,11,14H,7-8H2,(H,15,16)(H,17,18). The lowest BCUT2D eigenvalue weighted by molar-refractivity contribution is 0.0924. The molecule has 0 aliphatic carbocycles. The van der Waals surface area contributed by atoms with Gasteiger partial charge >= 0.3 is 0 Å². The monoisotopic (exact) mass is 242 g/mol. The van der Waals surface area contributed by atoms with Gasteiger partial charge < -0.3 is 15.6 Å². The first-order chi connectivity index (χ1) is 8.83. The van der Waals surface area contributed by atoms with Crippen LogP contribution < -0.4 is 10.6 Å². The minimum Gasteiger partial charge on any atom is -0.347 e. The van der Waals surface area contributed by atoms with E-state index in [1.807, 2.05) is 24.3 Å². The maximum Gasteiger partial charge on any atom is 0.251 e. The summed E-state index contributed by atoms with van der Waals surface area (Å²) < 4.78 is 0. The van der Waals surface area contributed by atoms with Crippen LogP contribution in [-0.2, 0) is 0 Å². The Balaban J connectivity index is 1.79. The number of amides is 1. The van der Waals surface area contributed by atoms with Crippen molar-refractivity contribution in [2.24, 2.45) is 0 Å². The third kappa shape index (κ3) is 2.12. The zero-order valence-electron chi connectivity index (χ0n) is 9.81. The van der Waals surface area contributed by atoms with Gasteiger partial charge in [0, 0.05) is 36.6 Å². The van der Waals surface area contributed by atoms with Gasteiger partial charge in [-0.2, -0.15) is 0 Å². The number of rotatable bonds is 3. The summed E-state index contributed by atoms with van der Waals surface area (Å²) >= 11 is 0. The quantitative estimate of drug-likeness (QED) is 0.745. The highest BCUT2D eigenvalue weighted by Gasteiger charge is 2.19. The van der Waals surface area contributed by atoms with Crippen LogP contribution in [0, 0.1) is 0 Å². The summed E-state index contributed by atoms with van der Waals surface area (Å²) in [6, 6.07) is 7.71. The van der Waals surface area contributed by atoms with Gasteiger partial charge in [-0.1, -0.05) is 12.1 Å². The highest BCUT2D eigenvalue weighted by molar-refractivity contribution is 5.95. The Morgan fingerprint density at radius 3 is 2.94 bits per heavy atom. The average Bonchev–Trinajstić information content (AvgIpc) is 2.87. The number of H-pyrrole nitrogens is 1. The Morgan fingerprint density at radius 2 is 2.28 bits per heavy atom. The molecule has 3 N–H and O–H groups in total. The molecule has 3 rings (SSSR count). The Kier molecular flexibility index (Phi) is 2.82. The summed E-state index contributed by atoms with van der Waals surface area (Å²) in [4.78, 5) is 19.2. The Morgan fingerprint density at radius 1 is 1.39 bits per heavy atom. The predicted octanol–water partition coefficient (Wildman–Crippen LogP) is 0.778. The molecule has 0 bridgehead atoms. The lowest BCUT2D eigenvalue weighted by atomic mass is 10.1. The average molecular weight is 242 g/mol. The maximum absolute atomic E-state index is 12.0. The smallest absolute Gasteiger partial charge is 0.251 e. The minimum absolute atomic E-state index is 0.0325. The summed E-state index contributed by atoms with van der Waals surface area (Å²) in [5, 5.41) is 6.10. The molecule has 5 nitrogen and oxygen atoms in total. The molecule has 1 aliphatic rings. The third-order valence-corrected chi connectivity index (χ3v) is 3.01. The summed E-state index contributed by atoms with van der Waals surface area (Å²) in [6.45, 7) is 1.70. The summed E-state index contributed by atoms with van der Waals surface area (Å²) in [5.74, 6) is 0.741. The van der Waals surface area contributed by atoms with Gasteiger partial charge in [0.1, 0.15) is 5.82 Å². The second kappa shape index (κ2) is 4.62. The molecule has 1 fully saturated rings. The van der Waals surface area contributed by atoms with E-state index in [2.05, 4.69) is 20.6 Å². The number of nitrogens with zero attached hydrogens (tertiary/aromatic N) is 1. The van der Waals surface area contributed by atoms with Crippen LogP contribution in [0.15, 0.2) is 36.7 Å². The van der Waals surface area contributed by atoms with E-state index in [9.17, 15) is 4.79 Å². The first-order valence-electron chi connectivity index (χ1n) is 5.94. The summed E-state index contributed by atoms with van der Waals surface area (Å²) in [5.41, 5.74) is 1.58. The third-order valence-electron chi connectivity index (χ3n) is 3.01. The molecule has 1 aromatic heterocycles. The van der Waals surface area contributed by atoms with Crippen LogP contribution in [0.2, 0.25) is 0 Å². The molecule has 1 amide bonds. The van der Waals surface area contributed by atoms with Crippen LogP contribution in [0.5, 0.6) is 0 Å². The molecule has 1 aromatic carbocycles. The molecule has 1 aliphatic heterocycles. The Bertz CT molecular complexity index is 546. The van der Waals surface area contributed by atoms with Crippen LogP contribution in [0.4, 0.5) is 0 Å². The van der Waals surface area contributed by atoms with Gasteiger partial charge in [0.05, 0.1) is 6.04 Å². The number of aromatic amines is 1. The molecule has 5 heteroatoms. The van der Waals surface area contributed by atoms with E-state index in [1.165, 1.54) is 0 Å². The number of carbonyl (C=O) groups excluding carboxylic acids is 1. The molecule has 1 saturated heterocycles. The van der Waals surface area contributed by atoms with E-state index < -0.39 is 0 Å². The van der Waals surface area contributed by atoms with Crippen LogP contribution in [0.3, 0.4) is 0 Å². The van der Waals surface area contributed by atoms with Crippen LogP contribution >= 0.6 is 0 Å². The molecule has 2 aromatic rings. The maximum atomic E-state index is 12.0. The van der Waals surface area contributed by atoms with Crippen molar-refractivity contribution in [3.05, 3.63) is 42.2 Å². The largest absolute Gasteiger partial charge is 0.347 e. The van der Waals surface area contributed by atoms with Crippen LogP contribution in [0.1, 0.15) is 10.4 Å². The molecule has 0 atom stereocenters. The highest BCUT2D eigenvalue weighted by Crippen LogP contribution is 2.16. The fraction of sp³-hybridized carbons (Fsp3) is 0.231. The van der Waals surface area contributed by atoms with E-state index in [1.54, 1.807) is 12.4 Å². The normalized spacial score (nSPS) is 15.1. The van der Waals surface area contributed by atoms with E-state index in [4.69, 9.17) is 0 Å². The first kappa shape index (κ1) is 11.0. The molecule has 0 unspecified atom stereocenters. The van der Waals surface area contributed by atoms with Gasteiger partial charge in [-0.3, -0.25) is 4.79 Å². The first-order valence-corrected chi connectivity index (χ1v) is 5.94. The molecule has 2 heterocycles. The summed E-state index contributed by atoms with van der Waals surface area (Å²) in [6.07, 6.45) is 3.46. The van der Waals surface area contributed by atoms with Crippen molar-refractivity contribution in [1.29, 1.82) is 0 Å². The van der Waals surface area contributed by atoms with Gasteiger partial charge in [0.25, 0.3) is 5.91 Å². The van der Waals surface area contributed by atoms with Crippen molar-refractivity contribution in [1.82, 2.24) is 20.6 Å². The number of imidazole rings is 1. The predicted molar refractivity (Wildman–Crippen MR) is 68.1 cm³/mol. The fourth-order valence-corrected chi connectivity index (χ4v) is 1.89. The lowest BCUT2D eigenvalue weighted by Crippen LogP contribution is -2.56. The SMILES string of the molecule is O=C(NC1CNC1)c1cccc(-c2ncc[nH]2)c1. The molecule has 0 radical (unpaired) electrons. The zero-order chi connectivity index (χ0) is 12.4. The highest BCUT2D eigenvalue weighted by atomic mass is 16.1. The van der Waals surface area contributed by atoms with Crippen molar-refractivity contribution in [3.8, 4) is 11.4 Å². The second-order valence-corrected chi connectivity index (χ2v) is 4.35. The molecule has 18 heavy (non-hydrogen) atoms. The Labute approximate surface area is 105 Å². The van der Waals surface area contributed by atoms with Crippen molar-refractivity contribution in [2.45, 2.75) is 6.04 Å². The van der Waals surface area contributed by atoms with Gasteiger partial charge in [0.15, 0.2) is 0 Å². The van der Waals surface area contributed by atoms with Crippen molar-refractivity contribution in [2.75, 3.05) is 13.1 Å². The molecule has 92 valence electrons. The zero-order valence-corrected chi connectivity index (χ0v) is 9.81. The lowest BCUT2D eigenvalue weighted by Gasteiger charge is -2.27. The number of benzene rings is 1. The fourth-order valence-electron chi connectivity index (χ4n) is 1.89. The summed E-state index contributed by atoms with van der Waals surface area (Å²) in [7, 11) is 0. The molecular weight excluding hydrogens is 228 g/mol. The van der Waals surface area contributed by atoms with Gasteiger partial charge in [-0.15, -0.1) is 0 Å². The van der Waals surface area contributed by atoms with E-state index >= 15 is 0 Å². The van der Waals surface area contributed by atoms with Crippen LogP contribution in [0.25, 0.3) is 11.4 Å². The Hall–Kier alpha value is -2.14. The number of hydrogen-bond acceptors (Lipinski definition) is 3. The van der Waals surface area contributed by atoms with Crippen molar-refractivity contribution < 1.29 is 4.79 Å². The van der Waals surface area contributed by atoms with Gasteiger partial charge in [-0.25, -0.2) is 4.98 Å². The van der Waals surface area contributed by atoms with Crippen molar-refractivity contribution in [3.63, 3.8) is 0 Å². The van der Waals surface area contributed by atoms with Gasteiger partial charge in [-0.05, 0) is 12.1 Å². The van der Waals surface area contributed by atoms with E-state index in [0.29, 0.717) is 5.56 Å². The molecule has 0 saturated carbocycles. The van der Waals surface area contributed by atoms with E-state index in [0.717, 1.165) is 24.5 Å². The van der Waals surface area contributed by atoms with E-state index in [-0.39, 0.29) is 11.9 Å². The number of hydrogen-bond donors (Lipinski definition) is 3. The molecular formula is C13H14N4O. The molecule has 0 spiro atoms. The number of nitrogens with one attached hydrogen (secondary N) is 3. The number of aromatic nitrogens is 2. The number of carbonyl (C=O) groups is 1. The minimum atomic E-state index is -0.0325. The second-order valence-electron chi connectivity index (χ2n) is 4.35.